The molecule has 0 atom stereocenters. The minimum atomic E-state index is -0.501. The van der Waals surface area contributed by atoms with E-state index in [2.05, 4.69) is 48.3 Å². The second-order valence-electron chi connectivity index (χ2n) is 10.8. The van der Waals surface area contributed by atoms with Crippen molar-refractivity contribution in [2.45, 2.75) is 46.1 Å². The summed E-state index contributed by atoms with van der Waals surface area (Å²) in [6.07, 6.45) is 3.34. The molecule has 42 heavy (non-hydrogen) atoms. The van der Waals surface area contributed by atoms with Gasteiger partial charge in [0.25, 0.3) is 5.56 Å². The van der Waals surface area contributed by atoms with Crippen molar-refractivity contribution in [3.8, 4) is 16.9 Å². The maximum atomic E-state index is 14.3. The summed E-state index contributed by atoms with van der Waals surface area (Å²) in [5.74, 6) is 1.01. The van der Waals surface area contributed by atoms with Crippen LogP contribution in [0.3, 0.4) is 0 Å². The summed E-state index contributed by atoms with van der Waals surface area (Å²) in [4.78, 5) is 37.1. The molecule has 0 fully saturated rings. The second kappa shape index (κ2) is 12.3. The van der Waals surface area contributed by atoms with Gasteiger partial charge in [0, 0.05) is 29.0 Å². The zero-order chi connectivity index (χ0) is 29.8. The third-order valence-electron chi connectivity index (χ3n) is 7.28. The largest absolute Gasteiger partial charge is 0.497 e. The lowest BCUT2D eigenvalue weighted by Crippen LogP contribution is -2.30. The number of hydrogen-bond acceptors (Lipinski definition) is 5. The SMILES string of the molecule is COc1cccc(-c2c(NC(=O)Nc3c(C(C)C)cccc3C(C)C)c(=O)n(Cc3ccccn3)c3ncccc23)c1. The van der Waals surface area contributed by atoms with Crippen LogP contribution in [0.15, 0.2) is 90.0 Å². The van der Waals surface area contributed by atoms with Gasteiger partial charge in [-0.05, 0) is 64.9 Å². The van der Waals surface area contributed by atoms with Crippen molar-refractivity contribution in [1.29, 1.82) is 0 Å². The zero-order valence-corrected chi connectivity index (χ0v) is 24.5. The van der Waals surface area contributed by atoms with Gasteiger partial charge >= 0.3 is 6.03 Å². The van der Waals surface area contributed by atoms with Crippen LogP contribution in [0.5, 0.6) is 5.75 Å². The predicted molar refractivity (Wildman–Crippen MR) is 169 cm³/mol. The molecule has 0 aliphatic heterocycles. The zero-order valence-electron chi connectivity index (χ0n) is 24.5. The van der Waals surface area contributed by atoms with Crippen LogP contribution in [0.2, 0.25) is 0 Å². The summed E-state index contributed by atoms with van der Waals surface area (Å²) in [6, 6.07) is 22.3. The van der Waals surface area contributed by atoms with E-state index in [1.165, 1.54) is 0 Å². The van der Waals surface area contributed by atoms with Gasteiger partial charge in [0.2, 0.25) is 0 Å². The summed E-state index contributed by atoms with van der Waals surface area (Å²) in [5.41, 5.74) is 5.04. The van der Waals surface area contributed by atoms with Gasteiger partial charge in [-0.2, -0.15) is 0 Å². The van der Waals surface area contributed by atoms with Gasteiger partial charge in [0.15, 0.2) is 0 Å². The van der Waals surface area contributed by atoms with E-state index < -0.39 is 6.03 Å². The monoisotopic (exact) mass is 561 g/mol. The molecular formula is C34H35N5O3. The molecule has 214 valence electrons. The minimum absolute atomic E-state index is 0.144. The number of pyridine rings is 3. The molecule has 0 unspecified atom stereocenters. The maximum absolute atomic E-state index is 14.3. The number of nitrogens with one attached hydrogen (secondary N) is 2. The molecule has 3 heterocycles. The molecule has 8 nitrogen and oxygen atoms in total. The van der Waals surface area contributed by atoms with E-state index in [0.717, 1.165) is 22.4 Å². The Morgan fingerprint density at radius 3 is 2.19 bits per heavy atom. The van der Waals surface area contributed by atoms with Gasteiger partial charge in [-0.15, -0.1) is 0 Å². The molecule has 8 heteroatoms. The molecule has 0 saturated heterocycles. The van der Waals surface area contributed by atoms with Crippen LogP contribution in [-0.4, -0.2) is 27.7 Å². The quantitative estimate of drug-likeness (QED) is 0.206. The lowest BCUT2D eigenvalue weighted by molar-refractivity contribution is 0.262. The lowest BCUT2D eigenvalue weighted by atomic mass is 9.93. The van der Waals surface area contributed by atoms with E-state index in [-0.39, 0.29) is 29.6 Å². The molecule has 0 bridgehead atoms. The number of aromatic nitrogens is 3. The van der Waals surface area contributed by atoms with Crippen molar-refractivity contribution in [3.63, 3.8) is 0 Å². The first-order valence-electron chi connectivity index (χ1n) is 14.0. The number of hydrogen-bond donors (Lipinski definition) is 2. The Bertz CT molecular complexity index is 1770. The van der Waals surface area contributed by atoms with Crippen LogP contribution < -0.4 is 20.9 Å². The average molecular weight is 562 g/mol. The van der Waals surface area contributed by atoms with Gasteiger partial charge in [-0.1, -0.05) is 64.1 Å². The third kappa shape index (κ3) is 5.74. The van der Waals surface area contributed by atoms with Crippen molar-refractivity contribution in [1.82, 2.24) is 14.5 Å². The molecule has 2 N–H and O–H groups in total. The predicted octanol–water partition coefficient (Wildman–Crippen LogP) is 7.41. The number of para-hydroxylation sites is 1. The number of fused-ring (bicyclic) bond motifs is 1. The minimum Gasteiger partial charge on any atom is -0.497 e. The first-order chi connectivity index (χ1) is 20.3. The van der Waals surface area contributed by atoms with E-state index in [9.17, 15) is 9.59 Å². The number of benzene rings is 2. The standard InChI is InChI=1S/C34H35N5O3/c1-21(2)26-14-9-15-27(22(3)4)30(26)37-34(41)38-31-29(23-11-8-13-25(19-23)42-5)28-16-10-18-36-32(28)39(33(31)40)20-24-12-6-7-17-35-24/h6-19,21-22H,20H2,1-5H3,(H2,37,38,41). The molecule has 5 aromatic rings. The fourth-order valence-corrected chi connectivity index (χ4v) is 5.23. The number of methoxy groups -OCH3 is 1. The Kier molecular flexibility index (Phi) is 8.33. The Balaban J connectivity index is 1.69. The highest BCUT2D eigenvalue weighted by Crippen LogP contribution is 2.36. The van der Waals surface area contributed by atoms with E-state index >= 15 is 0 Å². The Morgan fingerprint density at radius 1 is 0.833 bits per heavy atom. The molecule has 2 aromatic carbocycles. The molecule has 0 aliphatic carbocycles. The summed E-state index contributed by atoms with van der Waals surface area (Å²) in [6.45, 7) is 8.56. The molecule has 2 amide bonds. The van der Waals surface area contributed by atoms with Crippen molar-refractivity contribution >= 4 is 28.4 Å². The Hall–Kier alpha value is -4.98. The first-order valence-corrected chi connectivity index (χ1v) is 14.0. The van der Waals surface area contributed by atoms with Gasteiger partial charge in [-0.3, -0.25) is 14.3 Å². The number of amides is 2. The van der Waals surface area contributed by atoms with Crippen LogP contribution >= 0.6 is 0 Å². The maximum Gasteiger partial charge on any atom is 0.323 e. The molecular weight excluding hydrogens is 526 g/mol. The molecule has 5 rings (SSSR count). The number of carbonyl (C=O) groups is 1. The fourth-order valence-electron chi connectivity index (χ4n) is 5.23. The van der Waals surface area contributed by atoms with Gasteiger partial charge < -0.3 is 15.4 Å². The van der Waals surface area contributed by atoms with Crippen molar-refractivity contribution in [2.24, 2.45) is 0 Å². The average Bonchev–Trinajstić information content (AvgIpc) is 2.99. The normalized spacial score (nSPS) is 11.2. The van der Waals surface area contributed by atoms with Gasteiger partial charge in [0.1, 0.15) is 17.1 Å². The van der Waals surface area contributed by atoms with E-state index in [1.54, 1.807) is 24.1 Å². The second-order valence-corrected chi connectivity index (χ2v) is 10.8. The third-order valence-corrected chi connectivity index (χ3v) is 7.28. The number of rotatable bonds is 8. The number of carbonyl (C=O) groups excluding carboxylic acids is 1. The number of nitrogens with zero attached hydrogens (tertiary/aromatic N) is 3. The number of urea groups is 1. The van der Waals surface area contributed by atoms with E-state index in [4.69, 9.17) is 4.74 Å². The van der Waals surface area contributed by atoms with Gasteiger partial charge in [0.05, 0.1) is 19.3 Å². The fraction of sp³-hybridized carbons (Fsp3) is 0.235. The Labute approximate surface area is 245 Å². The summed E-state index contributed by atoms with van der Waals surface area (Å²) in [5, 5.41) is 6.74. The van der Waals surface area contributed by atoms with Crippen molar-refractivity contribution < 1.29 is 9.53 Å². The smallest absolute Gasteiger partial charge is 0.323 e. The first kappa shape index (κ1) is 28.5. The number of anilines is 2. The summed E-state index contributed by atoms with van der Waals surface area (Å²) < 4.78 is 7.04. The highest BCUT2D eigenvalue weighted by Gasteiger charge is 2.23. The van der Waals surface area contributed by atoms with Crippen LogP contribution in [0.1, 0.15) is 56.4 Å². The molecule has 0 spiro atoms. The Morgan fingerprint density at radius 2 is 1.52 bits per heavy atom. The van der Waals surface area contributed by atoms with Crippen molar-refractivity contribution in [2.75, 3.05) is 17.7 Å². The summed E-state index contributed by atoms with van der Waals surface area (Å²) >= 11 is 0. The molecule has 0 saturated carbocycles. The molecule has 0 aliphatic rings. The van der Waals surface area contributed by atoms with Crippen molar-refractivity contribution in [3.05, 3.63) is 112 Å². The van der Waals surface area contributed by atoms with E-state index in [1.807, 2.05) is 72.8 Å². The molecule has 3 aromatic heterocycles. The van der Waals surface area contributed by atoms with Gasteiger partial charge in [-0.25, -0.2) is 9.78 Å². The highest BCUT2D eigenvalue weighted by molar-refractivity contribution is 6.07. The molecule has 0 radical (unpaired) electrons. The topological polar surface area (TPSA) is 98.1 Å². The van der Waals surface area contributed by atoms with Crippen LogP contribution in [0.25, 0.3) is 22.2 Å². The van der Waals surface area contributed by atoms with Crippen LogP contribution in [0, 0.1) is 0 Å². The van der Waals surface area contributed by atoms with Crippen LogP contribution in [0.4, 0.5) is 16.2 Å². The van der Waals surface area contributed by atoms with Crippen LogP contribution in [-0.2, 0) is 6.54 Å². The lowest BCUT2D eigenvalue weighted by Gasteiger charge is -2.22. The summed E-state index contributed by atoms with van der Waals surface area (Å²) in [7, 11) is 1.59. The van der Waals surface area contributed by atoms with E-state index in [0.29, 0.717) is 28.0 Å². The highest BCUT2D eigenvalue weighted by atomic mass is 16.5. The number of ether oxygens (including phenoxy) is 1.